The highest BCUT2D eigenvalue weighted by molar-refractivity contribution is 6.31. The van der Waals surface area contributed by atoms with Gasteiger partial charge in [-0.2, -0.15) is 0 Å². The number of ether oxygens (including phenoxy) is 1. The van der Waals surface area contributed by atoms with Crippen LogP contribution >= 0.6 is 11.6 Å². The number of aliphatic hydroxyl groups is 1. The summed E-state index contributed by atoms with van der Waals surface area (Å²) in [5.74, 6) is -1.53. The number of aliphatic hydroxyl groups excluding tert-OH is 1. The lowest BCUT2D eigenvalue weighted by molar-refractivity contribution is -0.145. The number of hydrogen-bond donors (Lipinski definition) is 1. The number of rotatable bonds is 6. The highest BCUT2D eigenvalue weighted by atomic mass is 35.5. The third-order valence-corrected chi connectivity index (χ3v) is 7.21. The molecule has 2 aliphatic rings. The maximum atomic E-state index is 13.4. The first-order valence-electron chi connectivity index (χ1n) is 12.5. The first-order chi connectivity index (χ1) is 18.2. The molecule has 2 saturated heterocycles. The molecular weight excluding hydrogens is 513 g/mol. The smallest absolute Gasteiger partial charge is 0.328 e. The number of benzene rings is 2. The Morgan fingerprint density at radius 1 is 1.11 bits per heavy atom. The van der Waals surface area contributed by atoms with Crippen molar-refractivity contribution >= 4 is 35.5 Å². The molecule has 4 rings (SSSR count). The Kier molecular flexibility index (Phi) is 8.81. The molecule has 0 bridgehead atoms. The Bertz CT molecular complexity index is 1220. The number of piperazine rings is 1. The standard InChI is InChI=1S/C28H31ClFN3O5/c1-18-15-31(16-19-3-8-22(30)9-4-19)11-12-32(18)26(35)10-6-20-5-7-21(29)13-24(20)27(36)33-17-23(34)14-25(33)28(37)38-2/h3-10,13,18,23,25,34H,11-12,14-17H2,1-2H3/t18-,23-,25+/m1/s1. The van der Waals surface area contributed by atoms with Crippen LogP contribution in [-0.2, 0) is 20.9 Å². The van der Waals surface area contributed by atoms with Crippen molar-refractivity contribution in [1.29, 1.82) is 0 Å². The molecule has 2 aromatic rings. The maximum absolute atomic E-state index is 13.4. The topological polar surface area (TPSA) is 90.4 Å². The van der Waals surface area contributed by atoms with Crippen molar-refractivity contribution in [3.05, 3.63) is 76.1 Å². The number of likely N-dealkylation sites (tertiary alicyclic amines) is 1. The van der Waals surface area contributed by atoms with Gasteiger partial charge in [0.05, 0.1) is 13.2 Å². The molecule has 0 aliphatic carbocycles. The number of carbonyl (C=O) groups excluding carboxylic acids is 3. The van der Waals surface area contributed by atoms with Gasteiger partial charge in [-0.15, -0.1) is 0 Å². The van der Waals surface area contributed by atoms with E-state index in [-0.39, 0.29) is 36.3 Å². The van der Waals surface area contributed by atoms with Gasteiger partial charge in [-0.1, -0.05) is 29.8 Å². The highest BCUT2D eigenvalue weighted by Crippen LogP contribution is 2.26. The minimum absolute atomic E-state index is 0.00703. The lowest BCUT2D eigenvalue weighted by Crippen LogP contribution is -2.53. The molecule has 202 valence electrons. The van der Waals surface area contributed by atoms with Crippen LogP contribution in [0.1, 0.15) is 34.8 Å². The van der Waals surface area contributed by atoms with Crippen LogP contribution in [0, 0.1) is 5.82 Å². The fourth-order valence-electron chi connectivity index (χ4n) is 5.02. The molecule has 2 heterocycles. The summed E-state index contributed by atoms with van der Waals surface area (Å²) in [6.07, 6.45) is 2.26. The molecule has 10 heteroatoms. The molecule has 2 aliphatic heterocycles. The number of carbonyl (C=O) groups is 3. The van der Waals surface area contributed by atoms with Crippen molar-refractivity contribution in [2.45, 2.75) is 38.1 Å². The van der Waals surface area contributed by atoms with Crippen LogP contribution in [0.15, 0.2) is 48.5 Å². The minimum Gasteiger partial charge on any atom is -0.467 e. The van der Waals surface area contributed by atoms with Gasteiger partial charge in [0.1, 0.15) is 11.9 Å². The molecule has 0 aromatic heterocycles. The van der Waals surface area contributed by atoms with Gasteiger partial charge >= 0.3 is 5.97 Å². The van der Waals surface area contributed by atoms with Gasteiger partial charge in [0.15, 0.2) is 0 Å². The SMILES string of the molecule is COC(=O)[C@@H]1C[C@@H](O)CN1C(=O)c1cc(Cl)ccc1C=CC(=O)N1CCN(Cc2ccc(F)cc2)C[C@H]1C. The van der Waals surface area contributed by atoms with Crippen LogP contribution in [0.25, 0.3) is 6.08 Å². The number of nitrogens with zero attached hydrogens (tertiary/aromatic N) is 3. The second kappa shape index (κ2) is 12.1. The van der Waals surface area contributed by atoms with Gasteiger partial charge in [-0.3, -0.25) is 14.5 Å². The summed E-state index contributed by atoms with van der Waals surface area (Å²) >= 11 is 6.17. The van der Waals surface area contributed by atoms with Gasteiger partial charge in [-0.25, -0.2) is 9.18 Å². The largest absolute Gasteiger partial charge is 0.467 e. The van der Waals surface area contributed by atoms with E-state index in [0.29, 0.717) is 36.8 Å². The zero-order valence-electron chi connectivity index (χ0n) is 21.3. The first-order valence-corrected chi connectivity index (χ1v) is 12.9. The molecule has 2 fully saturated rings. The fraction of sp³-hybridized carbons (Fsp3) is 0.393. The maximum Gasteiger partial charge on any atom is 0.328 e. The third kappa shape index (κ3) is 6.40. The summed E-state index contributed by atoms with van der Waals surface area (Å²) in [5, 5.41) is 10.4. The van der Waals surface area contributed by atoms with Crippen molar-refractivity contribution in [3.63, 3.8) is 0 Å². The Hall–Kier alpha value is -3.27. The van der Waals surface area contributed by atoms with Crippen LogP contribution in [0.3, 0.4) is 0 Å². The van der Waals surface area contributed by atoms with Crippen molar-refractivity contribution in [1.82, 2.24) is 14.7 Å². The summed E-state index contributed by atoms with van der Waals surface area (Å²) in [4.78, 5) is 43.9. The molecule has 0 unspecified atom stereocenters. The van der Waals surface area contributed by atoms with Crippen LogP contribution in [0.5, 0.6) is 0 Å². The molecule has 0 saturated carbocycles. The Morgan fingerprint density at radius 3 is 2.53 bits per heavy atom. The summed E-state index contributed by atoms with van der Waals surface area (Å²) in [6.45, 7) is 4.53. The lowest BCUT2D eigenvalue weighted by atomic mass is 10.0. The Morgan fingerprint density at radius 2 is 1.84 bits per heavy atom. The Labute approximate surface area is 226 Å². The van der Waals surface area contributed by atoms with E-state index >= 15 is 0 Å². The molecule has 1 N–H and O–H groups in total. The van der Waals surface area contributed by atoms with Gasteiger partial charge in [0, 0.05) is 61.8 Å². The van der Waals surface area contributed by atoms with E-state index in [4.69, 9.17) is 16.3 Å². The predicted molar refractivity (Wildman–Crippen MR) is 141 cm³/mol. The quantitative estimate of drug-likeness (QED) is 0.445. The molecular formula is C28H31ClFN3O5. The number of β-amino-alcohol motifs (C(OH)–C–C–N with tert-alkyl or cyclic N) is 1. The van der Waals surface area contributed by atoms with Gasteiger partial charge in [0.2, 0.25) is 5.91 Å². The molecule has 38 heavy (non-hydrogen) atoms. The lowest BCUT2D eigenvalue weighted by Gasteiger charge is -2.39. The van der Waals surface area contributed by atoms with E-state index in [2.05, 4.69) is 4.90 Å². The van der Waals surface area contributed by atoms with Crippen LogP contribution < -0.4 is 0 Å². The number of amides is 2. The number of esters is 1. The van der Waals surface area contributed by atoms with E-state index < -0.39 is 24.0 Å². The summed E-state index contributed by atoms with van der Waals surface area (Å²) in [7, 11) is 1.23. The summed E-state index contributed by atoms with van der Waals surface area (Å²) < 4.78 is 18.0. The molecule has 0 radical (unpaired) electrons. The monoisotopic (exact) mass is 543 g/mol. The predicted octanol–water partition coefficient (Wildman–Crippen LogP) is 2.97. The number of methoxy groups -OCH3 is 1. The van der Waals surface area contributed by atoms with Crippen LogP contribution in [0.4, 0.5) is 4.39 Å². The van der Waals surface area contributed by atoms with E-state index in [0.717, 1.165) is 5.56 Å². The zero-order valence-corrected chi connectivity index (χ0v) is 22.1. The number of halogens is 2. The second-order valence-electron chi connectivity index (χ2n) is 9.69. The van der Waals surface area contributed by atoms with E-state index in [1.54, 1.807) is 35.2 Å². The van der Waals surface area contributed by atoms with E-state index in [1.165, 1.54) is 36.3 Å². The average molecular weight is 544 g/mol. The molecule has 3 atom stereocenters. The van der Waals surface area contributed by atoms with Gasteiger partial charge < -0.3 is 19.6 Å². The number of hydrogen-bond acceptors (Lipinski definition) is 6. The molecule has 2 aromatic carbocycles. The van der Waals surface area contributed by atoms with Crippen LogP contribution in [0.2, 0.25) is 5.02 Å². The Balaban J connectivity index is 1.44. The summed E-state index contributed by atoms with van der Waals surface area (Å²) in [5.41, 5.74) is 1.71. The van der Waals surface area contributed by atoms with Crippen LogP contribution in [-0.4, -0.2) is 89.1 Å². The van der Waals surface area contributed by atoms with Crippen molar-refractivity contribution in [2.75, 3.05) is 33.3 Å². The second-order valence-corrected chi connectivity index (χ2v) is 10.1. The highest BCUT2D eigenvalue weighted by Gasteiger charge is 2.40. The van der Waals surface area contributed by atoms with Gasteiger partial charge in [-0.05, 0) is 48.4 Å². The van der Waals surface area contributed by atoms with Crippen molar-refractivity contribution < 1.29 is 28.6 Å². The van der Waals surface area contributed by atoms with Crippen molar-refractivity contribution in [2.24, 2.45) is 0 Å². The fourth-order valence-corrected chi connectivity index (χ4v) is 5.19. The third-order valence-electron chi connectivity index (χ3n) is 6.98. The van der Waals surface area contributed by atoms with Crippen molar-refractivity contribution in [3.8, 4) is 0 Å². The normalized spacial score (nSPS) is 22.2. The average Bonchev–Trinajstić information content (AvgIpc) is 3.29. The van der Waals surface area contributed by atoms with E-state index in [1.807, 2.05) is 6.92 Å². The minimum atomic E-state index is -0.896. The van der Waals surface area contributed by atoms with Gasteiger partial charge in [0.25, 0.3) is 5.91 Å². The first kappa shape index (κ1) is 27.8. The van der Waals surface area contributed by atoms with E-state index in [9.17, 15) is 23.9 Å². The summed E-state index contributed by atoms with van der Waals surface area (Å²) in [6, 6.07) is 10.2. The molecule has 2 amide bonds. The molecule has 0 spiro atoms. The molecule has 8 nitrogen and oxygen atoms in total. The zero-order chi connectivity index (χ0) is 27.4.